The number of benzene rings is 2. The van der Waals surface area contributed by atoms with Gasteiger partial charge in [-0.1, -0.05) is 23.5 Å². The molecule has 0 aliphatic rings. The lowest BCUT2D eigenvalue weighted by Gasteiger charge is -2.08. The molecule has 0 saturated carbocycles. The van der Waals surface area contributed by atoms with Crippen molar-refractivity contribution in [2.45, 2.75) is 13.3 Å². The fourth-order valence-electron chi connectivity index (χ4n) is 2.93. The van der Waals surface area contributed by atoms with E-state index in [0.717, 1.165) is 27.1 Å². The van der Waals surface area contributed by atoms with Crippen molar-refractivity contribution in [3.8, 4) is 17.2 Å². The van der Waals surface area contributed by atoms with Crippen molar-refractivity contribution >= 4 is 27.5 Å². The van der Waals surface area contributed by atoms with E-state index in [4.69, 9.17) is 14.2 Å². The Morgan fingerprint density at radius 3 is 2.48 bits per heavy atom. The van der Waals surface area contributed by atoms with Gasteiger partial charge < -0.3 is 18.8 Å². The van der Waals surface area contributed by atoms with Crippen molar-refractivity contribution in [1.82, 2.24) is 4.57 Å². The van der Waals surface area contributed by atoms with Crippen molar-refractivity contribution in [2.24, 2.45) is 12.0 Å². The Hall–Kier alpha value is -2.80. The maximum absolute atomic E-state index is 12.6. The minimum atomic E-state index is -0.239. The molecule has 1 aromatic heterocycles. The average Bonchev–Trinajstić information content (AvgIpc) is 3.00. The molecule has 0 bridgehead atoms. The molecular formula is C20H22N2O4S. The number of carbonyl (C=O) groups is 1. The topological polar surface area (TPSA) is 62.0 Å². The van der Waals surface area contributed by atoms with E-state index in [0.29, 0.717) is 16.3 Å². The molecule has 0 fully saturated rings. The summed E-state index contributed by atoms with van der Waals surface area (Å²) in [5.74, 6) is 1.81. The van der Waals surface area contributed by atoms with E-state index in [1.54, 1.807) is 33.5 Å². The van der Waals surface area contributed by atoms with Crippen LogP contribution in [0, 0.1) is 6.92 Å². The summed E-state index contributed by atoms with van der Waals surface area (Å²) < 4.78 is 19.0. The molecular weight excluding hydrogens is 364 g/mol. The first kappa shape index (κ1) is 19.0. The summed E-state index contributed by atoms with van der Waals surface area (Å²) >= 11 is 1.48. The van der Waals surface area contributed by atoms with Crippen LogP contribution in [-0.4, -0.2) is 31.8 Å². The molecule has 0 N–H and O–H groups in total. The van der Waals surface area contributed by atoms with E-state index < -0.39 is 0 Å². The van der Waals surface area contributed by atoms with Gasteiger partial charge in [0.05, 0.1) is 32.5 Å². The highest BCUT2D eigenvalue weighted by Crippen LogP contribution is 2.30. The third-order valence-corrected chi connectivity index (χ3v) is 5.65. The Balaban J connectivity index is 1.99. The third-order valence-electron chi connectivity index (χ3n) is 4.38. The number of aromatic nitrogens is 1. The number of rotatable bonds is 5. The van der Waals surface area contributed by atoms with Crippen LogP contribution in [0.3, 0.4) is 0 Å². The number of nitrogens with zero attached hydrogens (tertiary/aromatic N) is 2. The van der Waals surface area contributed by atoms with Gasteiger partial charge in [0.25, 0.3) is 5.91 Å². The predicted molar refractivity (Wildman–Crippen MR) is 106 cm³/mol. The second-order valence-electron chi connectivity index (χ2n) is 6.07. The van der Waals surface area contributed by atoms with E-state index in [1.807, 2.05) is 36.7 Å². The molecule has 0 unspecified atom stereocenters. The number of fused-ring (bicyclic) bond motifs is 1. The maximum Gasteiger partial charge on any atom is 0.252 e. The van der Waals surface area contributed by atoms with E-state index in [9.17, 15) is 4.79 Å². The molecule has 0 saturated heterocycles. The molecule has 1 amide bonds. The van der Waals surface area contributed by atoms with Gasteiger partial charge in [0, 0.05) is 18.7 Å². The first-order chi connectivity index (χ1) is 13.0. The number of hydrogen-bond acceptors (Lipinski definition) is 5. The van der Waals surface area contributed by atoms with Crippen molar-refractivity contribution in [1.29, 1.82) is 0 Å². The van der Waals surface area contributed by atoms with Crippen molar-refractivity contribution in [3.63, 3.8) is 0 Å². The molecule has 142 valence electrons. The molecule has 6 nitrogen and oxygen atoms in total. The average molecular weight is 386 g/mol. The lowest BCUT2D eigenvalue weighted by atomic mass is 10.1. The zero-order valence-electron chi connectivity index (χ0n) is 16.0. The van der Waals surface area contributed by atoms with Gasteiger partial charge in [-0.2, -0.15) is 4.99 Å². The lowest BCUT2D eigenvalue weighted by molar-refractivity contribution is -0.117. The summed E-state index contributed by atoms with van der Waals surface area (Å²) in [5.41, 5.74) is 2.83. The Bertz CT molecular complexity index is 1070. The Morgan fingerprint density at radius 1 is 1.07 bits per heavy atom. The van der Waals surface area contributed by atoms with Gasteiger partial charge in [-0.25, -0.2) is 0 Å². The van der Waals surface area contributed by atoms with E-state index >= 15 is 0 Å². The van der Waals surface area contributed by atoms with Crippen molar-refractivity contribution in [3.05, 3.63) is 46.3 Å². The summed E-state index contributed by atoms with van der Waals surface area (Å²) in [4.78, 5) is 17.5. The zero-order valence-corrected chi connectivity index (χ0v) is 16.8. The second-order valence-corrected chi connectivity index (χ2v) is 7.04. The molecule has 0 aliphatic heterocycles. The quantitative estimate of drug-likeness (QED) is 0.675. The van der Waals surface area contributed by atoms with Crippen LogP contribution in [0.4, 0.5) is 0 Å². The van der Waals surface area contributed by atoms with Crippen LogP contribution in [0.2, 0.25) is 0 Å². The standard InChI is InChI=1S/C20H22N2O4S/c1-12-6-9-15(25-4)18-19(12)27-20(22(18)2)21-17(23)10-13-7-8-14(24-3)11-16(13)26-5/h6-9,11H,10H2,1-5H3. The molecule has 3 aromatic rings. The van der Waals surface area contributed by atoms with Gasteiger partial charge in [0.1, 0.15) is 22.8 Å². The molecule has 0 radical (unpaired) electrons. The molecule has 27 heavy (non-hydrogen) atoms. The minimum Gasteiger partial charge on any atom is -0.497 e. The van der Waals surface area contributed by atoms with Gasteiger partial charge in [0.2, 0.25) is 0 Å². The second kappa shape index (κ2) is 7.84. The molecule has 0 atom stereocenters. The van der Waals surface area contributed by atoms with Gasteiger partial charge >= 0.3 is 0 Å². The Kier molecular flexibility index (Phi) is 5.51. The molecule has 0 aliphatic carbocycles. The lowest BCUT2D eigenvalue weighted by Crippen LogP contribution is -2.14. The summed E-state index contributed by atoms with van der Waals surface area (Å²) in [6.07, 6.45) is 0.150. The summed E-state index contributed by atoms with van der Waals surface area (Å²) in [7, 11) is 6.69. The maximum atomic E-state index is 12.6. The van der Waals surface area contributed by atoms with Gasteiger partial charge in [0.15, 0.2) is 4.80 Å². The van der Waals surface area contributed by atoms with Crippen LogP contribution >= 0.6 is 11.3 Å². The molecule has 1 heterocycles. The Labute approximate surface area is 161 Å². The summed E-state index contributed by atoms with van der Waals surface area (Å²) in [6.45, 7) is 2.03. The van der Waals surface area contributed by atoms with Crippen LogP contribution in [-0.2, 0) is 18.3 Å². The highest BCUT2D eigenvalue weighted by molar-refractivity contribution is 7.16. The molecule has 7 heteroatoms. The normalized spacial score (nSPS) is 11.7. The largest absolute Gasteiger partial charge is 0.497 e. The molecule has 2 aromatic carbocycles. The number of ether oxygens (including phenoxy) is 3. The van der Waals surface area contributed by atoms with Gasteiger partial charge in [-0.3, -0.25) is 4.79 Å². The van der Waals surface area contributed by atoms with Crippen LogP contribution in [0.5, 0.6) is 17.2 Å². The number of methoxy groups -OCH3 is 3. The fourth-order valence-corrected chi connectivity index (χ4v) is 4.05. The van der Waals surface area contributed by atoms with E-state index in [1.165, 1.54) is 11.3 Å². The Morgan fingerprint density at radius 2 is 1.81 bits per heavy atom. The fraction of sp³-hybridized carbons (Fsp3) is 0.300. The first-order valence-electron chi connectivity index (χ1n) is 8.40. The zero-order chi connectivity index (χ0) is 19.6. The monoisotopic (exact) mass is 386 g/mol. The SMILES string of the molecule is COc1ccc(CC(=O)N=c2sc3c(C)ccc(OC)c3n2C)c(OC)c1. The van der Waals surface area contributed by atoms with E-state index in [-0.39, 0.29) is 12.3 Å². The first-order valence-corrected chi connectivity index (χ1v) is 9.21. The summed E-state index contributed by atoms with van der Waals surface area (Å²) in [5, 5.41) is 0. The smallest absolute Gasteiger partial charge is 0.252 e. The highest BCUT2D eigenvalue weighted by Gasteiger charge is 2.13. The number of thiazole rings is 1. The molecule has 3 rings (SSSR count). The van der Waals surface area contributed by atoms with Crippen molar-refractivity contribution < 1.29 is 19.0 Å². The van der Waals surface area contributed by atoms with E-state index in [2.05, 4.69) is 4.99 Å². The third kappa shape index (κ3) is 3.68. The van der Waals surface area contributed by atoms with Crippen LogP contribution < -0.4 is 19.0 Å². The number of aryl methyl sites for hydroxylation is 2. The van der Waals surface area contributed by atoms with Crippen LogP contribution in [0.1, 0.15) is 11.1 Å². The van der Waals surface area contributed by atoms with Crippen LogP contribution in [0.15, 0.2) is 35.3 Å². The van der Waals surface area contributed by atoms with Gasteiger partial charge in [-0.05, 0) is 24.6 Å². The van der Waals surface area contributed by atoms with Crippen LogP contribution in [0.25, 0.3) is 10.2 Å². The minimum absolute atomic E-state index is 0.150. The number of hydrogen-bond donors (Lipinski definition) is 0. The van der Waals surface area contributed by atoms with Crippen molar-refractivity contribution in [2.75, 3.05) is 21.3 Å². The predicted octanol–water partition coefficient (Wildman–Crippen LogP) is 3.24. The summed E-state index contributed by atoms with van der Waals surface area (Å²) in [6, 6.07) is 9.32. The number of carbonyl (C=O) groups excluding carboxylic acids is 1. The highest BCUT2D eigenvalue weighted by atomic mass is 32.1. The number of amides is 1. The van der Waals surface area contributed by atoms with Gasteiger partial charge in [-0.15, -0.1) is 0 Å². The molecule has 0 spiro atoms.